The summed E-state index contributed by atoms with van der Waals surface area (Å²) < 4.78 is 0. The van der Waals surface area contributed by atoms with E-state index in [2.05, 4.69) is 10.2 Å². The number of rotatable bonds is 3. The molecule has 4 heteroatoms. The molecule has 1 aliphatic heterocycles. The molecule has 3 nitrogen and oxygen atoms in total. The van der Waals surface area contributed by atoms with E-state index in [1.807, 2.05) is 0 Å². The van der Waals surface area contributed by atoms with Crippen LogP contribution in [0.3, 0.4) is 0 Å². The van der Waals surface area contributed by atoms with Crippen LogP contribution in [0.25, 0.3) is 0 Å². The van der Waals surface area contributed by atoms with Gasteiger partial charge in [0.1, 0.15) is 0 Å². The van der Waals surface area contributed by atoms with Gasteiger partial charge in [0.2, 0.25) is 0 Å². The summed E-state index contributed by atoms with van der Waals surface area (Å²) in [6.45, 7) is 4.42. The van der Waals surface area contributed by atoms with E-state index in [1.54, 1.807) is 0 Å². The van der Waals surface area contributed by atoms with Crippen LogP contribution in [0, 0.1) is 0 Å². The van der Waals surface area contributed by atoms with Crippen molar-refractivity contribution in [2.24, 2.45) is 5.73 Å². The first kappa shape index (κ1) is 10.7. The first-order valence-corrected chi connectivity index (χ1v) is 5.45. The Morgan fingerprint density at radius 3 is 2.38 bits per heavy atom. The highest BCUT2D eigenvalue weighted by Gasteiger charge is 2.07. The van der Waals surface area contributed by atoms with Crippen molar-refractivity contribution < 1.29 is 0 Å². The molecule has 0 spiro atoms. The fourth-order valence-electron chi connectivity index (χ4n) is 1.70. The van der Waals surface area contributed by atoms with E-state index in [0.717, 1.165) is 13.1 Å². The van der Waals surface area contributed by atoms with Crippen LogP contribution in [0.5, 0.6) is 0 Å². The normalized spacial score (nSPS) is 19.4. The molecule has 1 fully saturated rings. The van der Waals surface area contributed by atoms with Gasteiger partial charge in [-0.2, -0.15) is 0 Å². The fraction of sp³-hybridized carbons (Fsp3) is 0.889. The molecule has 0 atom stereocenters. The monoisotopic (exact) mass is 201 g/mol. The second-order valence-electron chi connectivity index (χ2n) is 3.55. The summed E-state index contributed by atoms with van der Waals surface area (Å²) in [5, 5.41) is 3.39. The second-order valence-corrected chi connectivity index (χ2v) is 3.99. The lowest BCUT2D eigenvalue weighted by molar-refractivity contribution is 0.289. The first-order valence-electron chi connectivity index (χ1n) is 5.05. The minimum absolute atomic E-state index is 0.412. The first-order chi connectivity index (χ1) is 6.29. The van der Waals surface area contributed by atoms with Crippen molar-refractivity contribution >= 4 is 17.3 Å². The van der Waals surface area contributed by atoms with Gasteiger partial charge in [-0.15, -0.1) is 0 Å². The van der Waals surface area contributed by atoms with Gasteiger partial charge in [0.05, 0.1) is 0 Å². The highest BCUT2D eigenvalue weighted by molar-refractivity contribution is 7.80. The van der Waals surface area contributed by atoms with Crippen LogP contribution in [-0.2, 0) is 0 Å². The number of nitrogens with one attached hydrogen (secondary N) is 1. The van der Waals surface area contributed by atoms with Gasteiger partial charge >= 0.3 is 0 Å². The summed E-state index contributed by atoms with van der Waals surface area (Å²) >= 11 is 4.74. The Morgan fingerprint density at radius 2 is 1.85 bits per heavy atom. The quantitative estimate of drug-likeness (QED) is 0.659. The van der Waals surface area contributed by atoms with Crippen molar-refractivity contribution in [3.05, 3.63) is 0 Å². The largest absolute Gasteiger partial charge is 0.376 e. The fourth-order valence-corrected chi connectivity index (χ4v) is 1.80. The molecule has 0 saturated carbocycles. The van der Waals surface area contributed by atoms with Crippen molar-refractivity contribution in [2.75, 3.05) is 26.2 Å². The van der Waals surface area contributed by atoms with Crippen molar-refractivity contribution in [2.45, 2.75) is 25.7 Å². The summed E-state index contributed by atoms with van der Waals surface area (Å²) in [7, 11) is 0. The molecule has 0 bridgehead atoms. The molecule has 1 heterocycles. The van der Waals surface area contributed by atoms with Gasteiger partial charge in [0.15, 0.2) is 5.11 Å². The standard InChI is InChI=1S/C9H19N3S/c10-9(13)11-5-8-12-6-3-1-2-4-7-12/h1-8H2,(H3,10,11,13). The van der Waals surface area contributed by atoms with E-state index < -0.39 is 0 Å². The number of thiocarbonyl (C=S) groups is 1. The highest BCUT2D eigenvalue weighted by Crippen LogP contribution is 2.08. The van der Waals surface area contributed by atoms with E-state index in [4.69, 9.17) is 18.0 Å². The Bertz CT molecular complexity index is 153. The van der Waals surface area contributed by atoms with Crippen LogP contribution in [-0.4, -0.2) is 36.2 Å². The summed E-state index contributed by atoms with van der Waals surface area (Å²) in [5.74, 6) is 0. The average Bonchev–Trinajstić information content (AvgIpc) is 2.32. The van der Waals surface area contributed by atoms with Crippen molar-refractivity contribution in [1.82, 2.24) is 10.2 Å². The van der Waals surface area contributed by atoms with E-state index >= 15 is 0 Å². The van der Waals surface area contributed by atoms with Gasteiger partial charge in [-0.3, -0.25) is 0 Å². The Balaban J connectivity index is 2.08. The summed E-state index contributed by atoms with van der Waals surface area (Å²) in [4.78, 5) is 2.48. The van der Waals surface area contributed by atoms with E-state index in [-0.39, 0.29) is 0 Å². The Labute approximate surface area is 85.7 Å². The molecule has 1 aliphatic rings. The molecule has 0 aromatic rings. The summed E-state index contributed by atoms with van der Waals surface area (Å²) in [6.07, 6.45) is 5.46. The van der Waals surface area contributed by atoms with Crippen LogP contribution in [0.4, 0.5) is 0 Å². The molecule has 0 radical (unpaired) electrons. The maximum absolute atomic E-state index is 5.34. The third-order valence-corrected chi connectivity index (χ3v) is 2.57. The number of hydrogen-bond acceptors (Lipinski definition) is 2. The van der Waals surface area contributed by atoms with E-state index in [1.165, 1.54) is 38.8 Å². The zero-order valence-electron chi connectivity index (χ0n) is 8.09. The van der Waals surface area contributed by atoms with Crippen LogP contribution in [0.1, 0.15) is 25.7 Å². The lowest BCUT2D eigenvalue weighted by Gasteiger charge is -2.19. The molecule has 1 rings (SSSR count). The molecule has 0 unspecified atom stereocenters. The van der Waals surface area contributed by atoms with Gasteiger partial charge in [-0.05, 0) is 38.1 Å². The van der Waals surface area contributed by atoms with Gasteiger partial charge in [-0.25, -0.2) is 0 Å². The molecular weight excluding hydrogens is 182 g/mol. The van der Waals surface area contributed by atoms with Gasteiger partial charge in [-0.1, -0.05) is 12.8 Å². The van der Waals surface area contributed by atoms with Crippen LogP contribution in [0.15, 0.2) is 0 Å². The molecule has 0 aromatic carbocycles. The third-order valence-electron chi connectivity index (χ3n) is 2.43. The minimum Gasteiger partial charge on any atom is -0.376 e. The topological polar surface area (TPSA) is 41.3 Å². The lowest BCUT2D eigenvalue weighted by atomic mass is 10.2. The molecule has 1 saturated heterocycles. The van der Waals surface area contributed by atoms with Gasteiger partial charge in [0, 0.05) is 13.1 Å². The predicted molar refractivity (Wildman–Crippen MR) is 59.7 cm³/mol. The highest BCUT2D eigenvalue weighted by atomic mass is 32.1. The van der Waals surface area contributed by atoms with Gasteiger partial charge in [0.25, 0.3) is 0 Å². The zero-order chi connectivity index (χ0) is 9.52. The van der Waals surface area contributed by atoms with Crippen molar-refractivity contribution in [3.8, 4) is 0 Å². The molecule has 3 N–H and O–H groups in total. The number of nitrogens with two attached hydrogens (primary N) is 1. The molecule has 0 amide bonds. The molecule has 13 heavy (non-hydrogen) atoms. The third kappa shape index (κ3) is 5.05. The second kappa shape index (κ2) is 6.16. The predicted octanol–water partition coefficient (Wildman–Crippen LogP) is 0.696. The van der Waals surface area contributed by atoms with Crippen LogP contribution < -0.4 is 11.1 Å². The number of hydrogen-bond donors (Lipinski definition) is 2. The Kier molecular flexibility index (Phi) is 5.08. The zero-order valence-corrected chi connectivity index (χ0v) is 8.91. The molecule has 76 valence electrons. The summed E-state index contributed by atoms with van der Waals surface area (Å²) in [5.41, 5.74) is 5.34. The smallest absolute Gasteiger partial charge is 0.163 e. The lowest BCUT2D eigenvalue weighted by Crippen LogP contribution is -2.37. The maximum atomic E-state index is 5.34. The maximum Gasteiger partial charge on any atom is 0.163 e. The summed E-state index contributed by atoms with van der Waals surface area (Å²) in [6, 6.07) is 0. The van der Waals surface area contributed by atoms with Crippen molar-refractivity contribution in [3.63, 3.8) is 0 Å². The average molecular weight is 201 g/mol. The van der Waals surface area contributed by atoms with Crippen LogP contribution >= 0.6 is 12.2 Å². The van der Waals surface area contributed by atoms with E-state index in [0.29, 0.717) is 5.11 Å². The number of likely N-dealkylation sites (tertiary alicyclic amines) is 1. The molecule has 0 aromatic heterocycles. The Morgan fingerprint density at radius 1 is 1.23 bits per heavy atom. The minimum atomic E-state index is 0.412. The Hall–Kier alpha value is -0.350. The number of nitrogens with zero attached hydrogens (tertiary/aromatic N) is 1. The molecular formula is C9H19N3S. The van der Waals surface area contributed by atoms with Crippen molar-refractivity contribution in [1.29, 1.82) is 0 Å². The molecule has 0 aliphatic carbocycles. The van der Waals surface area contributed by atoms with E-state index in [9.17, 15) is 0 Å². The van der Waals surface area contributed by atoms with Gasteiger partial charge < -0.3 is 16.0 Å². The SMILES string of the molecule is NC(=S)NCCN1CCCCCC1. The van der Waals surface area contributed by atoms with Crippen LogP contribution in [0.2, 0.25) is 0 Å².